The molecule has 0 nitrogen and oxygen atoms in total. The largest absolute Gasteiger partial charge is 0.216 e. The molecule has 0 saturated carbocycles. The van der Waals surface area contributed by atoms with Gasteiger partial charge in [-0.25, -0.2) is 0 Å². The lowest BCUT2D eigenvalue weighted by atomic mass is 10.1. The molecule has 1 aromatic rings. The number of hydrogen-bond donors (Lipinski definition) is 0. The number of halogens is 4. The van der Waals surface area contributed by atoms with Crippen molar-refractivity contribution in [3.05, 3.63) is 40.8 Å². The lowest BCUT2D eigenvalue weighted by molar-refractivity contribution is 1.07. The predicted octanol–water partition coefficient (Wildman–Crippen LogP) is 5.04. The van der Waals surface area contributed by atoms with Crippen LogP contribution in [0.5, 0.6) is 0 Å². The van der Waals surface area contributed by atoms with Crippen LogP contribution < -0.4 is 0 Å². The van der Waals surface area contributed by atoms with E-state index in [1.165, 1.54) is 0 Å². The Balaban J connectivity index is 2.89. The monoisotopic (exact) mass is 269 g/mol. The molecule has 4 heteroatoms. The Hall–Kier alpha value is 0.380. The lowest BCUT2D eigenvalue weighted by Crippen LogP contribution is -2.00. The molecule has 0 fully saturated rings. The van der Waals surface area contributed by atoms with Crippen molar-refractivity contribution in [2.45, 2.75) is 17.1 Å². The zero-order chi connectivity index (χ0) is 10.8. The van der Waals surface area contributed by atoms with Gasteiger partial charge in [0.1, 0.15) is 0 Å². The molecule has 0 aliphatic rings. The Kier molecular flexibility index (Phi) is 4.39. The fourth-order valence-corrected chi connectivity index (χ4v) is 1.55. The minimum Gasteiger partial charge on any atom is -0.112 e. The van der Waals surface area contributed by atoms with Gasteiger partial charge in [-0.2, -0.15) is 0 Å². The molecule has 77 valence electrons. The van der Waals surface area contributed by atoms with Crippen molar-refractivity contribution in [3.8, 4) is 0 Å². The van der Waals surface area contributed by atoms with Crippen molar-refractivity contribution in [2.75, 3.05) is 0 Å². The summed E-state index contributed by atoms with van der Waals surface area (Å²) in [5, 5.41) is 0.806. The molecule has 0 heterocycles. The van der Waals surface area contributed by atoms with E-state index in [4.69, 9.17) is 46.4 Å². The molecule has 0 unspecified atom stereocenters. The molecule has 0 bridgehead atoms. The van der Waals surface area contributed by atoms with Gasteiger partial charge < -0.3 is 0 Å². The molecular weight excluding hydrogens is 262 g/mol. The quantitative estimate of drug-likeness (QED) is 0.661. The molecule has 1 rings (SSSR count). The average molecular weight is 271 g/mol. The molecular formula is C10H9Cl4. The topological polar surface area (TPSA) is 0 Å². The van der Waals surface area contributed by atoms with Crippen LogP contribution in [-0.4, -0.2) is 0 Å². The van der Waals surface area contributed by atoms with Crippen molar-refractivity contribution >= 4 is 46.4 Å². The van der Waals surface area contributed by atoms with Crippen LogP contribution in [0.15, 0.2) is 24.3 Å². The predicted molar refractivity (Wildman–Crippen MR) is 64.2 cm³/mol. The Morgan fingerprint density at radius 2 is 1.64 bits per heavy atom. The van der Waals surface area contributed by atoms with Crippen LogP contribution in [0, 0.1) is 5.38 Å². The maximum Gasteiger partial charge on any atom is 0.216 e. The SMILES string of the molecule is CC[C](Cl)c1ccc(C(Cl)(Cl)Cl)cc1. The van der Waals surface area contributed by atoms with E-state index in [-0.39, 0.29) is 0 Å². The highest BCUT2D eigenvalue weighted by Gasteiger charge is 2.22. The highest BCUT2D eigenvalue weighted by Crippen LogP contribution is 2.38. The highest BCUT2D eigenvalue weighted by molar-refractivity contribution is 6.66. The van der Waals surface area contributed by atoms with E-state index in [1.54, 1.807) is 12.1 Å². The molecule has 1 aromatic carbocycles. The summed E-state index contributed by atoms with van der Waals surface area (Å²) in [4.78, 5) is 0. The Morgan fingerprint density at radius 1 is 1.14 bits per heavy atom. The van der Waals surface area contributed by atoms with Crippen molar-refractivity contribution in [1.82, 2.24) is 0 Å². The summed E-state index contributed by atoms with van der Waals surface area (Å²) in [6, 6.07) is 7.23. The molecule has 0 saturated heterocycles. The highest BCUT2D eigenvalue weighted by atomic mass is 35.6. The lowest BCUT2D eigenvalue weighted by Gasteiger charge is -2.12. The third-order valence-corrected chi connectivity index (χ3v) is 2.98. The minimum absolute atomic E-state index is 0.645. The van der Waals surface area contributed by atoms with Crippen LogP contribution in [0.3, 0.4) is 0 Å². The summed E-state index contributed by atoms with van der Waals surface area (Å²) < 4.78 is -1.36. The Labute approximate surface area is 104 Å². The van der Waals surface area contributed by atoms with E-state index in [0.29, 0.717) is 5.56 Å². The number of benzene rings is 1. The van der Waals surface area contributed by atoms with Crippen molar-refractivity contribution in [1.29, 1.82) is 0 Å². The first-order valence-electron chi connectivity index (χ1n) is 4.14. The van der Waals surface area contributed by atoms with Crippen molar-refractivity contribution in [2.24, 2.45) is 0 Å². The van der Waals surface area contributed by atoms with E-state index in [2.05, 4.69) is 0 Å². The van der Waals surface area contributed by atoms with Crippen molar-refractivity contribution < 1.29 is 0 Å². The van der Waals surface area contributed by atoms with E-state index in [0.717, 1.165) is 17.4 Å². The average Bonchev–Trinajstić information content (AvgIpc) is 2.15. The molecule has 0 amide bonds. The summed E-state index contributed by atoms with van der Waals surface area (Å²) in [6.07, 6.45) is 0.800. The second-order valence-electron chi connectivity index (χ2n) is 2.83. The standard InChI is InChI=1S/C10H9Cl4/c1-2-9(11)7-3-5-8(6-4-7)10(12,13)14/h3-6H,2H2,1H3. The summed E-state index contributed by atoms with van der Waals surface area (Å²) >= 11 is 23.1. The molecule has 0 N–H and O–H groups in total. The fourth-order valence-electron chi connectivity index (χ4n) is 1.04. The first-order chi connectivity index (χ1) is 6.45. The Morgan fingerprint density at radius 3 is 2.00 bits per heavy atom. The third kappa shape index (κ3) is 3.20. The maximum atomic E-state index is 5.97. The summed E-state index contributed by atoms with van der Waals surface area (Å²) in [5.74, 6) is 0. The van der Waals surface area contributed by atoms with Gasteiger partial charge in [-0.15, -0.1) is 11.6 Å². The van der Waals surface area contributed by atoms with Gasteiger partial charge in [-0.05, 0) is 12.0 Å². The number of alkyl halides is 3. The van der Waals surface area contributed by atoms with E-state index in [1.807, 2.05) is 19.1 Å². The Bertz CT molecular complexity index is 286. The van der Waals surface area contributed by atoms with E-state index >= 15 is 0 Å². The van der Waals surface area contributed by atoms with Gasteiger partial charge in [0, 0.05) is 5.56 Å². The number of hydrogen-bond acceptors (Lipinski definition) is 0. The van der Waals surface area contributed by atoms with Gasteiger partial charge in [-0.1, -0.05) is 66.0 Å². The van der Waals surface area contributed by atoms with Crippen LogP contribution in [0.1, 0.15) is 24.5 Å². The van der Waals surface area contributed by atoms with Gasteiger partial charge in [0.05, 0.1) is 5.38 Å². The normalized spacial score (nSPS) is 12.1. The smallest absolute Gasteiger partial charge is 0.112 e. The number of rotatable bonds is 2. The van der Waals surface area contributed by atoms with Gasteiger partial charge in [0.25, 0.3) is 0 Å². The zero-order valence-corrected chi connectivity index (χ0v) is 10.6. The summed E-state index contributed by atoms with van der Waals surface area (Å²) in [7, 11) is 0. The molecule has 0 aliphatic carbocycles. The van der Waals surface area contributed by atoms with Gasteiger partial charge >= 0.3 is 0 Å². The molecule has 0 spiro atoms. The molecule has 0 aromatic heterocycles. The van der Waals surface area contributed by atoms with Crippen LogP contribution in [0.2, 0.25) is 0 Å². The zero-order valence-electron chi connectivity index (χ0n) is 7.53. The first kappa shape index (κ1) is 12.4. The maximum absolute atomic E-state index is 5.97. The molecule has 0 atom stereocenters. The van der Waals surface area contributed by atoms with Crippen LogP contribution in [0.25, 0.3) is 0 Å². The minimum atomic E-state index is -1.36. The fraction of sp³-hybridized carbons (Fsp3) is 0.300. The van der Waals surface area contributed by atoms with Crippen LogP contribution >= 0.6 is 46.4 Å². The van der Waals surface area contributed by atoms with Gasteiger partial charge in [-0.3, -0.25) is 0 Å². The first-order valence-corrected chi connectivity index (χ1v) is 5.65. The van der Waals surface area contributed by atoms with E-state index in [9.17, 15) is 0 Å². The van der Waals surface area contributed by atoms with Crippen LogP contribution in [-0.2, 0) is 3.79 Å². The second-order valence-corrected chi connectivity index (χ2v) is 5.57. The summed E-state index contributed by atoms with van der Waals surface area (Å²) in [6.45, 7) is 1.99. The van der Waals surface area contributed by atoms with E-state index < -0.39 is 3.79 Å². The molecule has 0 aliphatic heterocycles. The third-order valence-electron chi connectivity index (χ3n) is 1.84. The summed E-state index contributed by atoms with van der Waals surface area (Å²) in [5.41, 5.74) is 1.61. The molecule has 14 heavy (non-hydrogen) atoms. The second kappa shape index (κ2) is 4.94. The van der Waals surface area contributed by atoms with Gasteiger partial charge in [0.2, 0.25) is 3.79 Å². The molecule has 1 radical (unpaired) electrons. The van der Waals surface area contributed by atoms with Gasteiger partial charge in [0.15, 0.2) is 0 Å². The van der Waals surface area contributed by atoms with Crippen molar-refractivity contribution in [3.63, 3.8) is 0 Å². The van der Waals surface area contributed by atoms with Crippen LogP contribution in [0.4, 0.5) is 0 Å².